The first-order valence-corrected chi connectivity index (χ1v) is 13.1. The summed E-state index contributed by atoms with van der Waals surface area (Å²) in [5.74, 6) is -0.196. The normalized spacial score (nSPS) is 10.6. The van der Waals surface area contributed by atoms with Crippen molar-refractivity contribution >= 4 is 50.6 Å². The van der Waals surface area contributed by atoms with E-state index in [0.717, 1.165) is 9.90 Å². The molecule has 0 aliphatic carbocycles. The summed E-state index contributed by atoms with van der Waals surface area (Å²) in [7, 11) is 4.90. The standard InChI is InChI=1S/C31H24N4O4S/c1-34(27-9-6-18-40-27)28-24-7-4-5-8-26(24)33-29(25(28)19-32)35(30(36)20-10-14-22(38-2)15-11-20)31(37)21-12-16-23(39-3)17-13-21/h4-18H,1-3H3. The minimum atomic E-state index is -0.632. The first-order chi connectivity index (χ1) is 19.5. The molecule has 2 heterocycles. The topological polar surface area (TPSA) is 95.8 Å². The number of hydrogen-bond donors (Lipinski definition) is 0. The quantitative estimate of drug-likeness (QED) is 0.216. The van der Waals surface area contributed by atoms with Gasteiger partial charge in [0, 0.05) is 23.6 Å². The Hall–Kier alpha value is -5.20. The highest BCUT2D eigenvalue weighted by molar-refractivity contribution is 7.14. The summed E-state index contributed by atoms with van der Waals surface area (Å²) >= 11 is 1.51. The maximum atomic E-state index is 14.1. The number of hydrogen-bond acceptors (Lipinski definition) is 8. The van der Waals surface area contributed by atoms with Crippen molar-refractivity contribution in [1.82, 2.24) is 4.98 Å². The lowest BCUT2D eigenvalue weighted by Crippen LogP contribution is -2.38. The van der Waals surface area contributed by atoms with E-state index in [4.69, 9.17) is 14.5 Å². The number of para-hydroxylation sites is 1. The number of nitrogens with zero attached hydrogens (tertiary/aromatic N) is 4. The Labute approximate surface area is 235 Å². The molecule has 0 atom stereocenters. The number of amides is 2. The monoisotopic (exact) mass is 548 g/mol. The van der Waals surface area contributed by atoms with Gasteiger partial charge in [-0.05, 0) is 72.1 Å². The molecule has 198 valence electrons. The molecule has 9 heteroatoms. The van der Waals surface area contributed by atoms with Crippen molar-refractivity contribution in [3.8, 4) is 17.6 Å². The number of pyridine rings is 1. The minimum Gasteiger partial charge on any atom is -0.497 e. The van der Waals surface area contributed by atoms with E-state index in [-0.39, 0.29) is 22.5 Å². The molecule has 0 spiro atoms. The Morgan fingerprint density at radius 2 is 1.40 bits per heavy atom. The second-order valence-electron chi connectivity index (χ2n) is 8.70. The van der Waals surface area contributed by atoms with Crippen LogP contribution in [-0.4, -0.2) is 38.1 Å². The number of imide groups is 1. The van der Waals surface area contributed by atoms with Gasteiger partial charge >= 0.3 is 0 Å². The fourth-order valence-corrected chi connectivity index (χ4v) is 5.08. The lowest BCUT2D eigenvalue weighted by Gasteiger charge is -2.26. The first-order valence-electron chi connectivity index (χ1n) is 12.2. The summed E-state index contributed by atoms with van der Waals surface area (Å²) in [6, 6.07) is 26.3. The third kappa shape index (κ3) is 4.84. The highest BCUT2D eigenvalue weighted by Gasteiger charge is 2.32. The number of ether oxygens (including phenoxy) is 2. The maximum Gasteiger partial charge on any atom is 0.266 e. The minimum absolute atomic E-state index is 0.0544. The molecular weight excluding hydrogens is 524 g/mol. The molecule has 2 aromatic heterocycles. The molecule has 0 fully saturated rings. The largest absolute Gasteiger partial charge is 0.497 e. The predicted molar refractivity (Wildman–Crippen MR) is 156 cm³/mol. The summed E-state index contributed by atoms with van der Waals surface area (Å²) in [5.41, 5.74) is 1.63. The van der Waals surface area contributed by atoms with Crippen molar-refractivity contribution < 1.29 is 19.1 Å². The third-order valence-electron chi connectivity index (χ3n) is 6.42. The van der Waals surface area contributed by atoms with Crippen LogP contribution in [0.25, 0.3) is 10.9 Å². The van der Waals surface area contributed by atoms with Crippen LogP contribution in [0.3, 0.4) is 0 Å². The van der Waals surface area contributed by atoms with Crippen molar-refractivity contribution in [3.05, 3.63) is 107 Å². The molecule has 40 heavy (non-hydrogen) atoms. The molecular formula is C31H24N4O4S. The Bertz CT molecular complexity index is 1670. The summed E-state index contributed by atoms with van der Waals surface area (Å²) in [4.78, 5) is 35.7. The molecule has 0 radical (unpaired) electrons. The van der Waals surface area contributed by atoms with Crippen LogP contribution >= 0.6 is 11.3 Å². The smallest absolute Gasteiger partial charge is 0.266 e. The van der Waals surface area contributed by atoms with Crippen molar-refractivity contribution in [1.29, 1.82) is 5.26 Å². The molecule has 0 aliphatic heterocycles. The van der Waals surface area contributed by atoms with Gasteiger partial charge in [-0.15, -0.1) is 11.3 Å². The van der Waals surface area contributed by atoms with Gasteiger partial charge in [-0.2, -0.15) is 5.26 Å². The van der Waals surface area contributed by atoms with Gasteiger partial charge in [-0.25, -0.2) is 9.88 Å². The molecule has 0 unspecified atom stereocenters. The number of fused-ring (bicyclic) bond motifs is 1. The van der Waals surface area contributed by atoms with Crippen LogP contribution in [0.15, 0.2) is 90.3 Å². The molecule has 0 saturated carbocycles. The zero-order chi connectivity index (χ0) is 28.2. The fourth-order valence-electron chi connectivity index (χ4n) is 4.38. The Morgan fingerprint density at radius 3 is 1.90 bits per heavy atom. The second kappa shape index (κ2) is 11.3. The summed E-state index contributed by atoms with van der Waals surface area (Å²) in [6.07, 6.45) is 0. The van der Waals surface area contributed by atoms with Crippen LogP contribution in [-0.2, 0) is 0 Å². The van der Waals surface area contributed by atoms with Gasteiger partial charge in [0.25, 0.3) is 11.8 Å². The molecule has 2 amide bonds. The number of thiophene rings is 1. The van der Waals surface area contributed by atoms with Crippen molar-refractivity contribution in [3.63, 3.8) is 0 Å². The number of aromatic nitrogens is 1. The van der Waals surface area contributed by atoms with E-state index in [2.05, 4.69) is 6.07 Å². The first kappa shape index (κ1) is 26.4. The number of carbonyl (C=O) groups excluding carboxylic acids is 2. The predicted octanol–water partition coefficient (Wildman–Crippen LogP) is 6.44. The van der Waals surface area contributed by atoms with Crippen molar-refractivity contribution in [2.45, 2.75) is 0 Å². The molecule has 5 aromatic rings. The van der Waals surface area contributed by atoms with Gasteiger partial charge in [0.05, 0.1) is 30.4 Å². The molecule has 3 aromatic carbocycles. The van der Waals surface area contributed by atoms with E-state index < -0.39 is 11.8 Å². The van der Waals surface area contributed by atoms with Gasteiger partial charge in [-0.3, -0.25) is 9.59 Å². The number of benzene rings is 3. The molecule has 0 N–H and O–H groups in total. The number of methoxy groups -OCH3 is 2. The van der Waals surface area contributed by atoms with Gasteiger partial charge in [0.15, 0.2) is 5.82 Å². The maximum absolute atomic E-state index is 14.1. The average molecular weight is 549 g/mol. The number of rotatable bonds is 7. The van der Waals surface area contributed by atoms with Gasteiger partial charge in [0.1, 0.15) is 23.1 Å². The molecule has 0 bridgehead atoms. The van der Waals surface area contributed by atoms with Crippen LogP contribution in [0, 0.1) is 11.3 Å². The number of carbonyl (C=O) groups is 2. The number of nitriles is 1. The van der Waals surface area contributed by atoms with Crippen LogP contribution in [0.2, 0.25) is 0 Å². The van der Waals surface area contributed by atoms with Gasteiger partial charge in [0.2, 0.25) is 0 Å². The van der Waals surface area contributed by atoms with E-state index in [9.17, 15) is 14.9 Å². The molecule has 0 aliphatic rings. The van der Waals surface area contributed by atoms with Gasteiger partial charge < -0.3 is 14.4 Å². The Morgan fingerprint density at radius 1 is 0.825 bits per heavy atom. The molecule has 5 rings (SSSR count). The lowest BCUT2D eigenvalue weighted by molar-refractivity contribution is 0.0896. The van der Waals surface area contributed by atoms with Crippen LogP contribution in [0.4, 0.5) is 16.5 Å². The van der Waals surface area contributed by atoms with Gasteiger partial charge in [-0.1, -0.05) is 18.2 Å². The summed E-state index contributed by atoms with van der Waals surface area (Å²) in [5, 5.41) is 14.0. The SMILES string of the molecule is COc1ccc(C(=O)N(C(=O)c2ccc(OC)cc2)c2nc3ccccc3c(N(C)c3cccs3)c2C#N)cc1. The number of anilines is 3. The Balaban J connectivity index is 1.76. The zero-order valence-corrected chi connectivity index (χ0v) is 22.8. The van der Waals surface area contributed by atoms with Crippen molar-refractivity contribution in [2.24, 2.45) is 0 Å². The zero-order valence-electron chi connectivity index (χ0n) is 22.0. The van der Waals surface area contributed by atoms with E-state index >= 15 is 0 Å². The highest BCUT2D eigenvalue weighted by Crippen LogP contribution is 2.40. The second-order valence-corrected chi connectivity index (χ2v) is 9.63. The lowest BCUT2D eigenvalue weighted by atomic mass is 10.1. The third-order valence-corrected chi connectivity index (χ3v) is 7.37. The van der Waals surface area contributed by atoms with Crippen LogP contribution in [0.5, 0.6) is 11.5 Å². The molecule has 8 nitrogen and oxygen atoms in total. The van der Waals surface area contributed by atoms with Crippen LogP contribution in [0.1, 0.15) is 26.3 Å². The fraction of sp³-hybridized carbons (Fsp3) is 0.0968. The summed E-state index contributed by atoms with van der Waals surface area (Å²) < 4.78 is 10.5. The van der Waals surface area contributed by atoms with Crippen molar-refractivity contribution in [2.75, 3.05) is 31.1 Å². The van der Waals surface area contributed by atoms with E-state index in [1.165, 1.54) is 25.6 Å². The molecule has 0 saturated heterocycles. The van der Waals surface area contributed by atoms with E-state index in [1.54, 1.807) is 54.6 Å². The van der Waals surface area contributed by atoms with Crippen LogP contribution < -0.4 is 19.3 Å². The average Bonchev–Trinajstić information content (AvgIpc) is 3.55. The summed E-state index contributed by atoms with van der Waals surface area (Å²) in [6.45, 7) is 0. The Kier molecular flexibility index (Phi) is 7.44. The van der Waals surface area contributed by atoms with E-state index in [1.807, 2.05) is 47.7 Å². The van der Waals surface area contributed by atoms with E-state index in [0.29, 0.717) is 28.1 Å². The highest BCUT2D eigenvalue weighted by atomic mass is 32.1.